The maximum absolute atomic E-state index is 11.5. The lowest BCUT2D eigenvalue weighted by molar-refractivity contribution is 0.0591. The largest absolute Gasteiger partial charge is 0.387 e. The van der Waals surface area contributed by atoms with Crippen LogP contribution in [-0.2, 0) is 9.84 Å². The second-order valence-electron chi connectivity index (χ2n) is 7.13. The quantitative estimate of drug-likeness (QED) is 0.865. The predicted molar refractivity (Wildman–Crippen MR) is 93.2 cm³/mol. The van der Waals surface area contributed by atoms with Crippen LogP contribution in [0.2, 0.25) is 0 Å². The molecule has 1 aromatic carbocycles. The molecule has 1 aliphatic rings. The average Bonchev–Trinajstić information content (AvgIpc) is 2.48. The fraction of sp³-hybridized carbons (Fsp3) is 0.667. The van der Waals surface area contributed by atoms with Crippen LogP contribution in [-0.4, -0.2) is 43.8 Å². The minimum Gasteiger partial charge on any atom is -0.387 e. The average molecular weight is 340 g/mol. The Morgan fingerprint density at radius 1 is 1.22 bits per heavy atom. The minimum atomic E-state index is -3.19. The molecule has 2 atom stereocenters. The van der Waals surface area contributed by atoms with Gasteiger partial charge in [-0.1, -0.05) is 32.4 Å². The molecule has 0 radical (unpaired) electrons. The van der Waals surface area contributed by atoms with E-state index in [1.165, 1.54) is 31.9 Å². The van der Waals surface area contributed by atoms with E-state index in [-0.39, 0.29) is 0 Å². The van der Waals surface area contributed by atoms with E-state index in [0.29, 0.717) is 23.4 Å². The van der Waals surface area contributed by atoms with E-state index in [0.717, 1.165) is 12.1 Å². The molecule has 0 spiro atoms. The molecule has 1 fully saturated rings. The zero-order chi connectivity index (χ0) is 17.0. The zero-order valence-electron chi connectivity index (χ0n) is 14.4. The SMILES string of the molecule is CC(C)CC1CCCCN1CC(O)c1ccc(S(C)(=O)=O)cc1. The van der Waals surface area contributed by atoms with Crippen LogP contribution in [0.25, 0.3) is 0 Å². The Labute approximate surface area is 140 Å². The molecule has 130 valence electrons. The van der Waals surface area contributed by atoms with Crippen molar-refractivity contribution in [3.8, 4) is 0 Å². The van der Waals surface area contributed by atoms with Crippen LogP contribution in [0.4, 0.5) is 0 Å². The summed E-state index contributed by atoms with van der Waals surface area (Å²) < 4.78 is 23.0. The van der Waals surface area contributed by atoms with Crippen molar-refractivity contribution in [2.75, 3.05) is 19.3 Å². The summed E-state index contributed by atoms with van der Waals surface area (Å²) in [5.74, 6) is 0.659. The first-order chi connectivity index (χ1) is 10.8. The van der Waals surface area contributed by atoms with E-state index in [4.69, 9.17) is 0 Å². The van der Waals surface area contributed by atoms with Crippen LogP contribution in [0.5, 0.6) is 0 Å². The molecule has 2 unspecified atom stereocenters. The van der Waals surface area contributed by atoms with Gasteiger partial charge < -0.3 is 5.11 Å². The van der Waals surface area contributed by atoms with Gasteiger partial charge in [0.2, 0.25) is 0 Å². The third kappa shape index (κ3) is 5.30. The highest BCUT2D eigenvalue weighted by molar-refractivity contribution is 7.90. The molecule has 23 heavy (non-hydrogen) atoms. The molecule has 1 aliphatic heterocycles. The van der Waals surface area contributed by atoms with Gasteiger partial charge in [0.25, 0.3) is 0 Å². The van der Waals surface area contributed by atoms with Crippen molar-refractivity contribution in [1.29, 1.82) is 0 Å². The lowest BCUT2D eigenvalue weighted by atomic mass is 9.93. The van der Waals surface area contributed by atoms with Gasteiger partial charge >= 0.3 is 0 Å². The number of hydrogen-bond acceptors (Lipinski definition) is 4. The van der Waals surface area contributed by atoms with Crippen LogP contribution in [0.1, 0.15) is 51.2 Å². The van der Waals surface area contributed by atoms with Gasteiger partial charge in [-0.05, 0) is 49.4 Å². The number of nitrogens with zero attached hydrogens (tertiary/aromatic N) is 1. The highest BCUT2D eigenvalue weighted by atomic mass is 32.2. The van der Waals surface area contributed by atoms with Crippen LogP contribution >= 0.6 is 0 Å². The van der Waals surface area contributed by atoms with Crippen LogP contribution in [0.3, 0.4) is 0 Å². The Hall–Kier alpha value is -0.910. The summed E-state index contributed by atoms with van der Waals surface area (Å²) in [4.78, 5) is 2.70. The molecular formula is C18H29NO3S. The van der Waals surface area contributed by atoms with E-state index in [2.05, 4.69) is 18.7 Å². The normalized spacial score (nSPS) is 21.5. The van der Waals surface area contributed by atoms with Crippen molar-refractivity contribution >= 4 is 9.84 Å². The lowest BCUT2D eigenvalue weighted by Gasteiger charge is -2.38. The Morgan fingerprint density at radius 2 is 1.87 bits per heavy atom. The molecule has 0 aromatic heterocycles. The van der Waals surface area contributed by atoms with Crippen LogP contribution < -0.4 is 0 Å². The Bertz CT molecular complexity index is 595. The summed E-state index contributed by atoms with van der Waals surface area (Å²) in [6.07, 6.45) is 5.46. The van der Waals surface area contributed by atoms with Crippen LogP contribution in [0, 0.1) is 5.92 Å². The Kier molecular flexibility index (Phi) is 6.23. The molecule has 1 heterocycles. The summed E-state index contributed by atoms with van der Waals surface area (Å²) in [6, 6.07) is 7.16. The number of piperidine rings is 1. The fourth-order valence-electron chi connectivity index (χ4n) is 3.38. The number of sulfone groups is 1. The van der Waals surface area contributed by atoms with E-state index >= 15 is 0 Å². The first kappa shape index (κ1) is 18.4. The number of aliphatic hydroxyl groups excluding tert-OH is 1. The number of likely N-dealkylation sites (tertiary alicyclic amines) is 1. The molecule has 0 amide bonds. The van der Waals surface area contributed by atoms with E-state index < -0.39 is 15.9 Å². The molecular weight excluding hydrogens is 310 g/mol. The summed E-state index contributed by atoms with van der Waals surface area (Å²) in [7, 11) is -3.19. The minimum absolute atomic E-state index is 0.295. The molecule has 0 bridgehead atoms. The van der Waals surface area contributed by atoms with Gasteiger partial charge in [0.05, 0.1) is 11.0 Å². The third-order valence-electron chi connectivity index (χ3n) is 4.59. The molecule has 0 aliphatic carbocycles. The molecule has 0 saturated carbocycles. The number of benzene rings is 1. The molecule has 4 nitrogen and oxygen atoms in total. The van der Waals surface area contributed by atoms with E-state index in [9.17, 15) is 13.5 Å². The maximum Gasteiger partial charge on any atom is 0.175 e. The monoisotopic (exact) mass is 339 g/mol. The second-order valence-corrected chi connectivity index (χ2v) is 9.15. The third-order valence-corrected chi connectivity index (χ3v) is 5.72. The topological polar surface area (TPSA) is 57.6 Å². The van der Waals surface area contributed by atoms with Gasteiger partial charge in [0, 0.05) is 18.8 Å². The highest BCUT2D eigenvalue weighted by Gasteiger charge is 2.25. The molecule has 1 N–H and O–H groups in total. The number of β-amino-alcohol motifs (C(OH)–C–C–N with tert-alkyl or cyclic N) is 1. The van der Waals surface area contributed by atoms with E-state index in [1.54, 1.807) is 24.3 Å². The zero-order valence-corrected chi connectivity index (χ0v) is 15.2. The van der Waals surface area contributed by atoms with Crippen molar-refractivity contribution in [3.05, 3.63) is 29.8 Å². The van der Waals surface area contributed by atoms with Gasteiger partial charge in [-0.3, -0.25) is 4.90 Å². The van der Waals surface area contributed by atoms with Crippen molar-refractivity contribution in [1.82, 2.24) is 4.90 Å². The summed E-state index contributed by atoms with van der Waals surface area (Å²) in [5.41, 5.74) is 0.784. The smallest absolute Gasteiger partial charge is 0.175 e. The Balaban J connectivity index is 2.03. The molecule has 1 saturated heterocycles. The first-order valence-corrected chi connectivity index (χ1v) is 10.4. The van der Waals surface area contributed by atoms with Gasteiger partial charge in [-0.15, -0.1) is 0 Å². The molecule has 5 heteroatoms. The van der Waals surface area contributed by atoms with Gasteiger partial charge in [-0.25, -0.2) is 8.42 Å². The molecule has 1 aromatic rings. The van der Waals surface area contributed by atoms with Crippen molar-refractivity contribution < 1.29 is 13.5 Å². The predicted octanol–water partition coefficient (Wildman–Crippen LogP) is 3.02. The summed E-state index contributed by atoms with van der Waals surface area (Å²) >= 11 is 0. The van der Waals surface area contributed by atoms with Crippen LogP contribution in [0.15, 0.2) is 29.2 Å². The number of aliphatic hydroxyl groups is 1. The number of hydrogen-bond donors (Lipinski definition) is 1. The Morgan fingerprint density at radius 3 is 2.43 bits per heavy atom. The summed E-state index contributed by atoms with van der Waals surface area (Å²) in [6.45, 7) is 6.14. The van der Waals surface area contributed by atoms with Crippen molar-refractivity contribution in [3.63, 3.8) is 0 Å². The molecule has 2 rings (SSSR count). The summed E-state index contributed by atoms with van der Waals surface area (Å²) in [5, 5.41) is 10.5. The van der Waals surface area contributed by atoms with Gasteiger partial charge in [0.15, 0.2) is 9.84 Å². The maximum atomic E-state index is 11.5. The fourth-order valence-corrected chi connectivity index (χ4v) is 4.01. The highest BCUT2D eigenvalue weighted by Crippen LogP contribution is 2.26. The first-order valence-electron chi connectivity index (χ1n) is 8.49. The standard InChI is InChI=1S/C18H29NO3S/c1-14(2)12-16-6-4-5-11-19(16)13-18(20)15-7-9-17(10-8-15)23(3,21)22/h7-10,14,16,18,20H,4-6,11-13H2,1-3H3. The van der Waals surface area contributed by atoms with Crippen molar-refractivity contribution in [2.24, 2.45) is 5.92 Å². The van der Waals surface area contributed by atoms with E-state index in [1.807, 2.05) is 0 Å². The second kappa shape index (κ2) is 7.77. The lowest BCUT2D eigenvalue weighted by Crippen LogP contribution is -2.42. The van der Waals surface area contributed by atoms with Crippen molar-refractivity contribution in [2.45, 2.75) is 56.6 Å². The number of rotatable bonds is 6. The van der Waals surface area contributed by atoms with Gasteiger partial charge in [0.1, 0.15) is 0 Å². The van der Waals surface area contributed by atoms with Gasteiger partial charge in [-0.2, -0.15) is 0 Å².